The molecule has 0 bridgehead atoms. The Morgan fingerprint density at radius 1 is 1.04 bits per heavy atom. The molecule has 1 heterocycles. The molecule has 0 radical (unpaired) electrons. The van der Waals surface area contributed by atoms with E-state index in [1.54, 1.807) is 18.3 Å². The Labute approximate surface area is 151 Å². The molecule has 3 aromatic rings. The predicted molar refractivity (Wildman–Crippen MR) is 100 cm³/mol. The van der Waals surface area contributed by atoms with E-state index in [-0.39, 0.29) is 6.10 Å². The van der Waals surface area contributed by atoms with Crippen LogP contribution in [0.2, 0.25) is 5.02 Å². The molecule has 0 amide bonds. The van der Waals surface area contributed by atoms with Crippen molar-refractivity contribution in [1.29, 1.82) is 0 Å². The molecule has 0 saturated carbocycles. The summed E-state index contributed by atoms with van der Waals surface area (Å²) in [5, 5.41) is 14.9. The summed E-state index contributed by atoms with van der Waals surface area (Å²) in [7, 11) is 0. The molecule has 0 unspecified atom stereocenters. The topological polar surface area (TPSA) is 72.0 Å². The number of rotatable bonds is 6. The van der Waals surface area contributed by atoms with Crippen LogP contribution in [0.25, 0.3) is 0 Å². The van der Waals surface area contributed by atoms with Gasteiger partial charge in [-0.15, -0.1) is 5.10 Å². The summed E-state index contributed by atoms with van der Waals surface area (Å²) < 4.78 is 5.80. The van der Waals surface area contributed by atoms with Crippen LogP contribution in [-0.4, -0.2) is 21.3 Å². The molecule has 128 valence electrons. The highest BCUT2D eigenvalue weighted by Crippen LogP contribution is 2.27. The van der Waals surface area contributed by atoms with Crippen molar-refractivity contribution in [2.75, 3.05) is 10.6 Å². The molecule has 0 aliphatic heterocycles. The molecular weight excluding hydrogens is 338 g/mol. The van der Waals surface area contributed by atoms with E-state index in [4.69, 9.17) is 16.3 Å². The minimum Gasteiger partial charge on any atom is -0.489 e. The van der Waals surface area contributed by atoms with Gasteiger partial charge in [-0.1, -0.05) is 29.8 Å². The van der Waals surface area contributed by atoms with Crippen molar-refractivity contribution in [2.45, 2.75) is 20.0 Å². The minimum absolute atomic E-state index is 0.0755. The monoisotopic (exact) mass is 355 g/mol. The van der Waals surface area contributed by atoms with Crippen LogP contribution in [0.15, 0.2) is 54.7 Å². The zero-order valence-electron chi connectivity index (χ0n) is 13.9. The first-order valence-corrected chi connectivity index (χ1v) is 8.23. The van der Waals surface area contributed by atoms with Crippen LogP contribution in [0.5, 0.6) is 5.75 Å². The largest absolute Gasteiger partial charge is 0.489 e. The Kier molecular flexibility index (Phi) is 5.30. The summed E-state index contributed by atoms with van der Waals surface area (Å²) in [6, 6.07) is 15.0. The third-order valence-corrected chi connectivity index (χ3v) is 3.39. The van der Waals surface area contributed by atoms with Crippen LogP contribution in [0, 0.1) is 0 Å². The summed E-state index contributed by atoms with van der Waals surface area (Å²) >= 11 is 5.99. The molecule has 1 aromatic heterocycles. The number of benzene rings is 2. The van der Waals surface area contributed by atoms with Crippen LogP contribution in [0.3, 0.4) is 0 Å². The van der Waals surface area contributed by atoms with Crippen molar-refractivity contribution < 1.29 is 4.74 Å². The second-order valence-electron chi connectivity index (χ2n) is 5.59. The summed E-state index contributed by atoms with van der Waals surface area (Å²) in [4.78, 5) is 4.42. The second-order valence-corrected chi connectivity index (χ2v) is 6.02. The van der Waals surface area contributed by atoms with Crippen molar-refractivity contribution in [1.82, 2.24) is 15.2 Å². The number of para-hydroxylation sites is 2. The molecule has 0 fully saturated rings. The Morgan fingerprint density at radius 3 is 2.68 bits per heavy atom. The van der Waals surface area contributed by atoms with Gasteiger partial charge in [0.05, 0.1) is 18.0 Å². The molecule has 0 aliphatic carbocycles. The van der Waals surface area contributed by atoms with Crippen molar-refractivity contribution in [3.8, 4) is 5.75 Å². The zero-order chi connectivity index (χ0) is 17.6. The first-order chi connectivity index (χ1) is 12.1. The van der Waals surface area contributed by atoms with Crippen LogP contribution in [0.4, 0.5) is 23.1 Å². The van der Waals surface area contributed by atoms with Crippen molar-refractivity contribution >= 4 is 34.7 Å². The van der Waals surface area contributed by atoms with Gasteiger partial charge in [0.15, 0.2) is 5.82 Å². The van der Waals surface area contributed by atoms with E-state index < -0.39 is 0 Å². The van der Waals surface area contributed by atoms with Gasteiger partial charge >= 0.3 is 0 Å². The lowest BCUT2D eigenvalue weighted by atomic mass is 10.3. The lowest BCUT2D eigenvalue weighted by Crippen LogP contribution is -2.08. The molecule has 0 spiro atoms. The van der Waals surface area contributed by atoms with E-state index in [9.17, 15) is 0 Å². The average molecular weight is 356 g/mol. The maximum atomic E-state index is 5.99. The minimum atomic E-state index is 0.0755. The van der Waals surface area contributed by atoms with E-state index in [0.29, 0.717) is 16.8 Å². The Hall–Kier alpha value is -2.86. The van der Waals surface area contributed by atoms with Crippen LogP contribution in [0.1, 0.15) is 13.8 Å². The molecule has 6 nitrogen and oxygen atoms in total. The van der Waals surface area contributed by atoms with Gasteiger partial charge in [0.25, 0.3) is 0 Å². The summed E-state index contributed by atoms with van der Waals surface area (Å²) in [6.45, 7) is 3.96. The SMILES string of the molecule is CC(C)Oc1ccccc1Nc1cnnc(Nc2cccc(Cl)c2)n1. The lowest BCUT2D eigenvalue weighted by molar-refractivity contribution is 0.244. The molecule has 0 saturated heterocycles. The molecule has 2 N–H and O–H groups in total. The van der Waals surface area contributed by atoms with Crippen molar-refractivity contribution in [3.05, 3.63) is 59.8 Å². The maximum absolute atomic E-state index is 5.99. The molecular formula is C18H18ClN5O. The quantitative estimate of drug-likeness (QED) is 0.661. The molecule has 2 aromatic carbocycles. The van der Waals surface area contributed by atoms with Crippen molar-refractivity contribution in [3.63, 3.8) is 0 Å². The molecule has 3 rings (SSSR count). The standard InChI is InChI=1S/C18H18ClN5O/c1-12(2)25-16-9-4-3-8-15(16)22-17-11-20-24-18(23-17)21-14-7-5-6-13(19)10-14/h3-12H,1-2H3,(H2,21,22,23,24). The highest BCUT2D eigenvalue weighted by Gasteiger charge is 2.07. The first kappa shape index (κ1) is 17.0. The second kappa shape index (κ2) is 7.81. The fourth-order valence-corrected chi connectivity index (χ4v) is 2.37. The smallest absolute Gasteiger partial charge is 0.249 e. The summed E-state index contributed by atoms with van der Waals surface area (Å²) in [5.41, 5.74) is 1.60. The van der Waals surface area contributed by atoms with Crippen LogP contribution >= 0.6 is 11.6 Å². The van der Waals surface area contributed by atoms with E-state index in [2.05, 4.69) is 25.8 Å². The van der Waals surface area contributed by atoms with Gasteiger partial charge in [0, 0.05) is 10.7 Å². The number of nitrogens with one attached hydrogen (secondary N) is 2. The van der Waals surface area contributed by atoms with Gasteiger partial charge in [-0.2, -0.15) is 10.1 Å². The van der Waals surface area contributed by atoms with E-state index in [1.165, 1.54) is 0 Å². The fraction of sp³-hybridized carbons (Fsp3) is 0.167. The average Bonchev–Trinajstić information content (AvgIpc) is 2.57. The number of anilines is 4. The molecule has 0 atom stereocenters. The number of hydrogen-bond acceptors (Lipinski definition) is 6. The number of halogens is 1. The lowest BCUT2D eigenvalue weighted by Gasteiger charge is -2.15. The van der Waals surface area contributed by atoms with Gasteiger partial charge in [-0.3, -0.25) is 0 Å². The number of hydrogen-bond donors (Lipinski definition) is 2. The van der Waals surface area contributed by atoms with Gasteiger partial charge in [0.2, 0.25) is 5.95 Å². The summed E-state index contributed by atoms with van der Waals surface area (Å²) in [5.74, 6) is 1.68. The van der Waals surface area contributed by atoms with Crippen molar-refractivity contribution in [2.24, 2.45) is 0 Å². The Balaban J connectivity index is 1.78. The molecule has 0 aliphatic rings. The normalized spacial score (nSPS) is 10.6. The highest BCUT2D eigenvalue weighted by atomic mass is 35.5. The van der Waals surface area contributed by atoms with Crippen LogP contribution < -0.4 is 15.4 Å². The van der Waals surface area contributed by atoms with E-state index in [1.807, 2.05) is 50.2 Å². The predicted octanol–water partition coefficient (Wildman–Crippen LogP) is 4.80. The third kappa shape index (κ3) is 4.81. The van der Waals surface area contributed by atoms with Crippen LogP contribution in [-0.2, 0) is 0 Å². The van der Waals surface area contributed by atoms with E-state index >= 15 is 0 Å². The molecule has 25 heavy (non-hydrogen) atoms. The third-order valence-electron chi connectivity index (χ3n) is 3.15. The first-order valence-electron chi connectivity index (χ1n) is 7.85. The highest BCUT2D eigenvalue weighted by molar-refractivity contribution is 6.30. The Bertz CT molecular complexity index is 856. The number of ether oxygens (including phenoxy) is 1. The van der Waals surface area contributed by atoms with E-state index in [0.717, 1.165) is 17.1 Å². The Morgan fingerprint density at radius 2 is 1.88 bits per heavy atom. The van der Waals surface area contributed by atoms with Gasteiger partial charge in [-0.25, -0.2) is 0 Å². The summed E-state index contributed by atoms with van der Waals surface area (Å²) in [6.07, 6.45) is 1.63. The van der Waals surface area contributed by atoms with Gasteiger partial charge in [0.1, 0.15) is 5.75 Å². The number of aromatic nitrogens is 3. The molecule has 7 heteroatoms. The zero-order valence-corrected chi connectivity index (χ0v) is 14.7. The van der Waals surface area contributed by atoms with Gasteiger partial charge in [-0.05, 0) is 44.2 Å². The maximum Gasteiger partial charge on any atom is 0.249 e. The fourth-order valence-electron chi connectivity index (χ4n) is 2.18. The van der Waals surface area contributed by atoms with Gasteiger partial charge < -0.3 is 15.4 Å². The number of nitrogens with zero attached hydrogens (tertiary/aromatic N) is 3.